The van der Waals surface area contributed by atoms with Crippen LogP contribution >= 0.6 is 11.8 Å². The molecular weight excluding hydrogens is 296 g/mol. The number of rotatable bonds is 4. The molecule has 0 radical (unpaired) electrons. The van der Waals surface area contributed by atoms with Crippen molar-refractivity contribution in [2.24, 2.45) is 0 Å². The number of carbonyl (C=O) groups excluding carboxylic acids is 1. The first-order chi connectivity index (χ1) is 10.8. The second-order valence-electron chi connectivity index (χ2n) is 4.57. The summed E-state index contributed by atoms with van der Waals surface area (Å²) in [6, 6.07) is 17.2. The number of para-hydroxylation sites is 1. The average Bonchev–Trinajstić information content (AvgIpc) is 3.06. The van der Waals surface area contributed by atoms with E-state index in [1.807, 2.05) is 60.9 Å². The highest BCUT2D eigenvalue weighted by molar-refractivity contribution is 7.98. The summed E-state index contributed by atoms with van der Waals surface area (Å²) < 4.78 is 1.58. The Morgan fingerprint density at radius 3 is 2.50 bits per heavy atom. The average molecular weight is 310 g/mol. The molecule has 1 aromatic heterocycles. The summed E-state index contributed by atoms with van der Waals surface area (Å²) >= 11 is 1.66. The Morgan fingerprint density at radius 2 is 1.82 bits per heavy atom. The summed E-state index contributed by atoms with van der Waals surface area (Å²) in [5, 5.41) is 10.7. The lowest BCUT2D eigenvalue weighted by Gasteiger charge is -2.03. The van der Waals surface area contributed by atoms with Crippen LogP contribution in [0.5, 0.6) is 0 Å². The molecular formula is C16H14N4OS. The van der Waals surface area contributed by atoms with Crippen LogP contribution in [0.25, 0.3) is 5.69 Å². The largest absolute Gasteiger partial charge is 0.321 e. The Hall–Kier alpha value is -2.60. The van der Waals surface area contributed by atoms with Crippen LogP contribution in [-0.4, -0.2) is 27.2 Å². The van der Waals surface area contributed by atoms with Crippen molar-refractivity contribution >= 4 is 23.4 Å². The maximum absolute atomic E-state index is 12.2. The Morgan fingerprint density at radius 1 is 1.09 bits per heavy atom. The van der Waals surface area contributed by atoms with Gasteiger partial charge >= 0.3 is 0 Å². The minimum absolute atomic E-state index is 0.276. The van der Waals surface area contributed by atoms with Gasteiger partial charge in [0.1, 0.15) is 0 Å². The number of carbonyl (C=O) groups is 1. The quantitative estimate of drug-likeness (QED) is 0.752. The van der Waals surface area contributed by atoms with Crippen molar-refractivity contribution in [3.63, 3.8) is 0 Å². The van der Waals surface area contributed by atoms with Crippen LogP contribution in [-0.2, 0) is 0 Å². The van der Waals surface area contributed by atoms with Gasteiger partial charge < -0.3 is 5.32 Å². The van der Waals surface area contributed by atoms with Crippen molar-refractivity contribution in [1.82, 2.24) is 15.0 Å². The molecule has 0 unspecified atom stereocenters. The van der Waals surface area contributed by atoms with E-state index in [-0.39, 0.29) is 11.6 Å². The van der Waals surface area contributed by atoms with Gasteiger partial charge in [0.2, 0.25) is 0 Å². The Bertz CT molecular complexity index is 768. The fraction of sp³-hybridized carbons (Fsp3) is 0.0625. The van der Waals surface area contributed by atoms with Gasteiger partial charge in [-0.1, -0.05) is 23.4 Å². The lowest BCUT2D eigenvalue weighted by Crippen LogP contribution is -2.12. The van der Waals surface area contributed by atoms with E-state index in [0.29, 0.717) is 0 Å². The SMILES string of the molecule is CSc1ccc(NC(=O)c2cn(-c3ccccc3)nn2)cc1. The first-order valence-corrected chi connectivity index (χ1v) is 7.92. The number of nitrogens with zero attached hydrogens (tertiary/aromatic N) is 3. The molecule has 0 spiro atoms. The Kier molecular flexibility index (Phi) is 4.20. The first-order valence-electron chi connectivity index (χ1n) is 6.69. The molecule has 2 aromatic carbocycles. The van der Waals surface area contributed by atoms with Crippen molar-refractivity contribution in [3.05, 3.63) is 66.5 Å². The van der Waals surface area contributed by atoms with Crippen LogP contribution in [0, 0.1) is 0 Å². The minimum atomic E-state index is -0.279. The first kappa shape index (κ1) is 14.3. The summed E-state index contributed by atoms with van der Waals surface area (Å²) in [6.07, 6.45) is 3.62. The Balaban J connectivity index is 1.74. The van der Waals surface area contributed by atoms with E-state index in [1.165, 1.54) is 0 Å². The van der Waals surface area contributed by atoms with E-state index in [0.717, 1.165) is 16.3 Å². The molecule has 6 heteroatoms. The van der Waals surface area contributed by atoms with Gasteiger partial charge in [0.05, 0.1) is 11.9 Å². The minimum Gasteiger partial charge on any atom is -0.321 e. The van der Waals surface area contributed by atoms with Crippen LogP contribution in [0.3, 0.4) is 0 Å². The van der Waals surface area contributed by atoms with Gasteiger partial charge in [0.25, 0.3) is 5.91 Å². The molecule has 1 heterocycles. The zero-order valence-corrected chi connectivity index (χ0v) is 12.7. The third-order valence-corrected chi connectivity index (χ3v) is 3.84. The summed E-state index contributed by atoms with van der Waals surface area (Å²) in [6.45, 7) is 0. The fourth-order valence-corrected chi connectivity index (χ4v) is 2.35. The molecule has 0 saturated carbocycles. The summed E-state index contributed by atoms with van der Waals surface area (Å²) in [4.78, 5) is 13.3. The molecule has 110 valence electrons. The van der Waals surface area contributed by atoms with Gasteiger partial charge in [-0.25, -0.2) is 4.68 Å². The van der Waals surface area contributed by atoms with Gasteiger partial charge in [-0.05, 0) is 42.7 Å². The van der Waals surface area contributed by atoms with E-state index in [1.54, 1.807) is 22.6 Å². The maximum Gasteiger partial charge on any atom is 0.277 e. The second-order valence-corrected chi connectivity index (χ2v) is 5.45. The molecule has 0 aliphatic heterocycles. The van der Waals surface area contributed by atoms with Crippen LogP contribution in [0.2, 0.25) is 0 Å². The van der Waals surface area contributed by atoms with Crippen LogP contribution in [0.1, 0.15) is 10.5 Å². The standard InChI is InChI=1S/C16H14N4OS/c1-22-14-9-7-12(8-10-14)17-16(21)15-11-20(19-18-15)13-5-3-2-4-6-13/h2-11H,1H3,(H,17,21). The number of aromatic nitrogens is 3. The second kappa shape index (κ2) is 6.44. The Labute approximate surface area is 132 Å². The molecule has 3 rings (SSSR count). The summed E-state index contributed by atoms with van der Waals surface area (Å²) in [5.41, 5.74) is 1.87. The van der Waals surface area contributed by atoms with E-state index >= 15 is 0 Å². The van der Waals surface area contributed by atoms with Gasteiger partial charge in [-0.2, -0.15) is 0 Å². The molecule has 0 bridgehead atoms. The number of amides is 1. The number of benzene rings is 2. The predicted octanol–water partition coefficient (Wildman–Crippen LogP) is 3.24. The van der Waals surface area contributed by atoms with Crippen LogP contribution in [0.4, 0.5) is 5.69 Å². The van der Waals surface area contributed by atoms with E-state index in [2.05, 4.69) is 15.6 Å². The van der Waals surface area contributed by atoms with Crippen molar-refractivity contribution in [3.8, 4) is 5.69 Å². The fourth-order valence-electron chi connectivity index (χ4n) is 1.94. The number of hydrogen-bond donors (Lipinski definition) is 1. The molecule has 1 amide bonds. The molecule has 0 fully saturated rings. The van der Waals surface area contributed by atoms with Crippen molar-refractivity contribution in [1.29, 1.82) is 0 Å². The van der Waals surface area contributed by atoms with Gasteiger partial charge in [-0.3, -0.25) is 4.79 Å². The van der Waals surface area contributed by atoms with Crippen molar-refractivity contribution in [2.45, 2.75) is 4.90 Å². The summed E-state index contributed by atoms with van der Waals surface area (Å²) in [7, 11) is 0. The molecule has 0 saturated heterocycles. The van der Waals surface area contributed by atoms with Gasteiger partial charge in [-0.15, -0.1) is 16.9 Å². The van der Waals surface area contributed by atoms with Crippen molar-refractivity contribution < 1.29 is 4.79 Å². The van der Waals surface area contributed by atoms with Crippen LogP contribution in [0.15, 0.2) is 65.7 Å². The van der Waals surface area contributed by atoms with Crippen LogP contribution < -0.4 is 5.32 Å². The maximum atomic E-state index is 12.2. The molecule has 3 aromatic rings. The zero-order chi connectivity index (χ0) is 15.4. The lowest BCUT2D eigenvalue weighted by molar-refractivity contribution is 0.102. The normalized spacial score (nSPS) is 10.4. The monoisotopic (exact) mass is 310 g/mol. The molecule has 0 atom stereocenters. The van der Waals surface area contributed by atoms with E-state index < -0.39 is 0 Å². The van der Waals surface area contributed by atoms with E-state index in [9.17, 15) is 4.79 Å². The van der Waals surface area contributed by atoms with Gasteiger partial charge in [0, 0.05) is 10.6 Å². The van der Waals surface area contributed by atoms with Crippen molar-refractivity contribution in [2.75, 3.05) is 11.6 Å². The molecule has 22 heavy (non-hydrogen) atoms. The highest BCUT2D eigenvalue weighted by atomic mass is 32.2. The molecule has 5 nitrogen and oxygen atoms in total. The highest BCUT2D eigenvalue weighted by Crippen LogP contribution is 2.18. The number of thioether (sulfide) groups is 1. The smallest absolute Gasteiger partial charge is 0.277 e. The molecule has 1 N–H and O–H groups in total. The van der Waals surface area contributed by atoms with Gasteiger partial charge in [0.15, 0.2) is 5.69 Å². The summed E-state index contributed by atoms with van der Waals surface area (Å²) in [5.74, 6) is -0.279. The predicted molar refractivity (Wildman–Crippen MR) is 87.5 cm³/mol. The third kappa shape index (κ3) is 3.17. The number of anilines is 1. The lowest BCUT2D eigenvalue weighted by atomic mass is 10.3. The third-order valence-electron chi connectivity index (χ3n) is 3.09. The highest BCUT2D eigenvalue weighted by Gasteiger charge is 2.11. The molecule has 0 aliphatic carbocycles. The molecule has 0 aliphatic rings. The number of hydrogen-bond acceptors (Lipinski definition) is 4. The zero-order valence-electron chi connectivity index (χ0n) is 11.9. The number of nitrogens with one attached hydrogen (secondary N) is 1. The van der Waals surface area contributed by atoms with E-state index in [4.69, 9.17) is 0 Å². The topological polar surface area (TPSA) is 59.8 Å².